The summed E-state index contributed by atoms with van der Waals surface area (Å²) in [5.41, 5.74) is 10.0. The van der Waals surface area contributed by atoms with Gasteiger partial charge in [0, 0.05) is 16.7 Å². The molecule has 20 heteroatoms. The van der Waals surface area contributed by atoms with Crippen molar-refractivity contribution in [3.8, 4) is 0 Å². The summed E-state index contributed by atoms with van der Waals surface area (Å²) in [6, 6.07) is 6.68. The molecule has 2 saturated heterocycles. The van der Waals surface area contributed by atoms with E-state index in [2.05, 4.69) is 15.5 Å². The molecule has 5 rings (SSSR count). The average molecular weight is 693 g/mol. The van der Waals surface area contributed by atoms with Gasteiger partial charge in [0.25, 0.3) is 17.7 Å². The van der Waals surface area contributed by atoms with E-state index in [4.69, 9.17) is 16.3 Å². The van der Waals surface area contributed by atoms with Gasteiger partial charge in [-0.1, -0.05) is 59.0 Å². The number of oxime groups is 1. The fourth-order valence-corrected chi connectivity index (χ4v) is 9.08. The van der Waals surface area contributed by atoms with Crippen LogP contribution < -0.4 is 16.8 Å². The van der Waals surface area contributed by atoms with E-state index in [0.29, 0.717) is 5.57 Å². The lowest BCUT2D eigenvalue weighted by molar-refractivity contribution is -0.151. The van der Waals surface area contributed by atoms with Gasteiger partial charge in [-0.3, -0.25) is 19.3 Å². The predicted molar refractivity (Wildman–Crippen MR) is 163 cm³/mol. The van der Waals surface area contributed by atoms with E-state index in [0.717, 1.165) is 51.5 Å². The molecule has 1 unspecified atom stereocenters. The summed E-state index contributed by atoms with van der Waals surface area (Å²) in [5, 5.41) is 35.8. The topological polar surface area (TPSA) is 265 Å². The van der Waals surface area contributed by atoms with Gasteiger partial charge in [-0.25, -0.2) is 19.4 Å². The van der Waals surface area contributed by atoms with Gasteiger partial charge >= 0.3 is 17.9 Å². The molecular weight excluding hydrogens is 673 g/mol. The first kappa shape index (κ1) is 31.9. The monoisotopic (exact) mass is 692 g/mol. The molecule has 3 aliphatic rings. The lowest BCUT2D eigenvalue weighted by Crippen LogP contribution is -2.71. The van der Waals surface area contributed by atoms with Crippen LogP contribution in [0.15, 0.2) is 61.9 Å². The molecule has 0 radical (unpaired) electrons. The zero-order chi connectivity index (χ0) is 32.6. The molecule has 1 aromatic heterocycles. The standard InChI is InChI=1S/C25H20N6O10S4/c26-16(32)11(20(35)36)24-44-23(45-24)9-6-42-19-13(18(34)31(19)14(9)21(37)38)29-17(33)12(10-7-43-25(27)28-10)30-41-15(22(39)40)8-4-2-1-3-5-8/h1-5,7,13,15,19,23H,6H2,(H2,26,32)(H2,27,28)(H,29,33)(H,35,36)(H,37,38)(H,39,40)/b24-11?,30-12-/t13-,15?,19-,23?/m1/s1. The molecule has 2 fully saturated rings. The number of hydrogen-bond acceptors (Lipinski definition) is 14. The minimum atomic E-state index is -1.58. The van der Waals surface area contributed by atoms with Crippen LogP contribution in [0.3, 0.4) is 0 Å². The first-order chi connectivity index (χ1) is 21.4. The van der Waals surface area contributed by atoms with Gasteiger partial charge in [-0.05, 0) is 5.57 Å². The highest BCUT2D eigenvalue weighted by Gasteiger charge is 2.56. The lowest BCUT2D eigenvalue weighted by atomic mass is 10.0. The number of carboxylic acid groups (broad SMARTS) is 3. The van der Waals surface area contributed by atoms with Crippen molar-refractivity contribution < 1.29 is 48.9 Å². The summed E-state index contributed by atoms with van der Waals surface area (Å²) in [4.78, 5) is 84.0. The normalized spacial score (nSPS) is 21.6. The average Bonchev–Trinajstić information content (AvgIpc) is 3.40. The first-order valence-electron chi connectivity index (χ1n) is 12.4. The Labute approximate surface area is 268 Å². The molecule has 0 aliphatic carbocycles. The Bertz CT molecular complexity index is 1700. The van der Waals surface area contributed by atoms with Gasteiger partial charge in [0.05, 0.1) is 8.82 Å². The van der Waals surface area contributed by atoms with Gasteiger partial charge in [-0.2, -0.15) is 0 Å². The Hall–Kier alpha value is -4.53. The number of nitrogen functional groups attached to an aromatic ring is 1. The number of nitrogens with one attached hydrogen (secondary N) is 1. The van der Waals surface area contributed by atoms with Crippen LogP contribution in [0.4, 0.5) is 5.13 Å². The molecule has 16 nitrogen and oxygen atoms in total. The Balaban J connectivity index is 1.36. The number of nitrogens with zero attached hydrogens (tertiary/aromatic N) is 3. The summed E-state index contributed by atoms with van der Waals surface area (Å²) in [5.74, 6) is -7.01. The van der Waals surface area contributed by atoms with Gasteiger partial charge in [0.1, 0.15) is 28.4 Å². The number of aliphatic carboxylic acids is 3. The third-order valence-electron chi connectivity index (χ3n) is 6.42. The Kier molecular flexibility index (Phi) is 9.09. The van der Waals surface area contributed by atoms with Crippen molar-refractivity contribution in [3.63, 3.8) is 0 Å². The molecule has 3 amide bonds. The number of hydrogen-bond donors (Lipinski definition) is 6. The van der Waals surface area contributed by atoms with E-state index < -0.39 is 69.0 Å². The Morgan fingerprint density at radius 1 is 1.11 bits per heavy atom. The van der Waals surface area contributed by atoms with Gasteiger partial charge in [-0.15, -0.1) is 23.1 Å². The van der Waals surface area contributed by atoms with Crippen LogP contribution in [0.25, 0.3) is 0 Å². The van der Waals surface area contributed by atoms with Crippen molar-refractivity contribution in [1.29, 1.82) is 0 Å². The Morgan fingerprint density at radius 2 is 1.80 bits per heavy atom. The second-order valence-corrected chi connectivity index (χ2v) is 14.0. The molecule has 0 saturated carbocycles. The fraction of sp³-hybridized carbons (Fsp3) is 0.200. The van der Waals surface area contributed by atoms with Crippen LogP contribution in [-0.2, 0) is 33.6 Å². The zero-order valence-corrected chi connectivity index (χ0v) is 25.6. The van der Waals surface area contributed by atoms with Crippen LogP contribution in [-0.4, -0.2) is 88.3 Å². The van der Waals surface area contributed by atoms with Gasteiger partial charge in [0.15, 0.2) is 10.8 Å². The molecule has 234 valence electrons. The third kappa shape index (κ3) is 6.21. The fourth-order valence-electron chi connectivity index (χ4n) is 4.37. The van der Waals surface area contributed by atoms with Crippen LogP contribution in [0.5, 0.6) is 0 Å². The number of thioether (sulfide) groups is 3. The number of amides is 3. The van der Waals surface area contributed by atoms with Crippen molar-refractivity contribution in [2.45, 2.75) is 22.1 Å². The second-order valence-electron chi connectivity index (χ2n) is 9.18. The summed E-state index contributed by atoms with van der Waals surface area (Å²) < 4.78 is -0.467. The van der Waals surface area contributed by atoms with Crippen LogP contribution in [0.1, 0.15) is 17.4 Å². The molecule has 3 aliphatic heterocycles. The summed E-state index contributed by atoms with van der Waals surface area (Å²) in [7, 11) is 0. The highest BCUT2D eigenvalue weighted by Crippen LogP contribution is 2.58. The van der Waals surface area contributed by atoms with E-state index in [9.17, 15) is 44.1 Å². The largest absolute Gasteiger partial charge is 0.478 e. The number of aromatic nitrogens is 1. The number of carboxylic acids is 3. The summed E-state index contributed by atoms with van der Waals surface area (Å²) in [6.45, 7) is 0. The van der Waals surface area contributed by atoms with Gasteiger partial charge in [0.2, 0.25) is 6.10 Å². The van der Waals surface area contributed by atoms with E-state index in [-0.39, 0.29) is 32.1 Å². The number of rotatable bonds is 11. The smallest absolute Gasteiger partial charge is 0.352 e. The number of carbonyl (C=O) groups is 6. The van der Waals surface area contributed by atoms with E-state index >= 15 is 0 Å². The number of carbonyl (C=O) groups excluding carboxylic acids is 3. The highest BCUT2D eigenvalue weighted by atomic mass is 32.3. The number of fused-ring (bicyclic) bond motifs is 1. The third-order valence-corrected chi connectivity index (χ3v) is 11.4. The molecule has 4 heterocycles. The van der Waals surface area contributed by atoms with E-state index in [1.807, 2.05) is 0 Å². The van der Waals surface area contributed by atoms with Crippen LogP contribution in [0, 0.1) is 0 Å². The van der Waals surface area contributed by atoms with Crippen molar-refractivity contribution in [1.82, 2.24) is 15.2 Å². The maximum atomic E-state index is 13.4. The molecule has 0 spiro atoms. The minimum absolute atomic E-state index is 0.0416. The van der Waals surface area contributed by atoms with Crippen molar-refractivity contribution in [2.24, 2.45) is 10.9 Å². The van der Waals surface area contributed by atoms with Crippen molar-refractivity contribution >= 4 is 93.1 Å². The number of primary amides is 1. The maximum Gasteiger partial charge on any atom is 0.352 e. The number of thiazole rings is 1. The van der Waals surface area contributed by atoms with Crippen molar-refractivity contribution in [2.75, 3.05) is 11.5 Å². The molecule has 0 bridgehead atoms. The van der Waals surface area contributed by atoms with Gasteiger partial charge < -0.3 is 36.9 Å². The van der Waals surface area contributed by atoms with Crippen molar-refractivity contribution in [3.05, 3.63) is 68.0 Å². The molecule has 1 aromatic carbocycles. The van der Waals surface area contributed by atoms with Crippen LogP contribution in [0.2, 0.25) is 0 Å². The lowest BCUT2D eigenvalue weighted by Gasteiger charge is -2.50. The second kappa shape index (κ2) is 12.8. The first-order valence-corrected chi connectivity index (χ1v) is 16.1. The minimum Gasteiger partial charge on any atom is -0.478 e. The predicted octanol–water partition coefficient (Wildman–Crippen LogP) is 0.598. The molecular formula is C25H20N6O10S4. The van der Waals surface area contributed by atoms with E-state index in [1.165, 1.54) is 17.5 Å². The molecule has 2 aromatic rings. The summed E-state index contributed by atoms with van der Waals surface area (Å²) in [6.07, 6.45) is -1.58. The highest BCUT2D eigenvalue weighted by molar-refractivity contribution is 8.38. The molecule has 3 atom stereocenters. The van der Waals surface area contributed by atoms with E-state index in [1.54, 1.807) is 18.2 Å². The SMILES string of the molecule is NC(=O)C(C(=O)O)=C1SC(C2=C(C(=O)O)N3C(=O)[C@@H](NC(=O)/C(=N\OC(C(=O)O)c4ccccc4)c4csc(N)n4)[C@H]3SC2)S1. The maximum absolute atomic E-state index is 13.4. The number of anilines is 1. The quantitative estimate of drug-likeness (QED) is 0.0470. The molecule has 8 N–H and O–H groups in total. The van der Waals surface area contributed by atoms with Crippen LogP contribution >= 0.6 is 46.6 Å². The summed E-state index contributed by atoms with van der Waals surface area (Å²) >= 11 is 4.04. The Morgan fingerprint density at radius 3 is 2.36 bits per heavy atom. The zero-order valence-electron chi connectivity index (χ0n) is 22.3. The number of benzene rings is 1. The molecule has 45 heavy (non-hydrogen) atoms. The number of nitrogens with two attached hydrogens (primary N) is 2. The number of β-lactam (4-membered cyclic amide) rings is 1.